The first-order valence-electron chi connectivity index (χ1n) is 13.7. The van der Waals surface area contributed by atoms with Gasteiger partial charge >= 0.3 is 6.36 Å². The number of benzene rings is 2. The predicted octanol–water partition coefficient (Wildman–Crippen LogP) is 6.08. The number of nitrogens with one attached hydrogen (secondary N) is 3. The lowest BCUT2D eigenvalue weighted by Crippen LogP contribution is -2.43. The minimum Gasteiger partial charge on any atom is -0.406 e. The molecule has 0 saturated heterocycles. The number of amides is 2. The van der Waals surface area contributed by atoms with Crippen molar-refractivity contribution in [2.45, 2.75) is 65.4 Å². The third-order valence-electron chi connectivity index (χ3n) is 7.82. The molecule has 10 nitrogen and oxygen atoms in total. The van der Waals surface area contributed by atoms with Crippen molar-refractivity contribution in [3.8, 4) is 5.75 Å². The molecular formula is C29H32F3N7O3. The number of carbonyl (C=O) groups is 2. The third kappa shape index (κ3) is 6.89. The van der Waals surface area contributed by atoms with Crippen LogP contribution in [0.1, 0.15) is 72.9 Å². The first-order chi connectivity index (χ1) is 19.9. The average Bonchev–Trinajstić information content (AvgIpc) is 3.60. The molecular weight excluding hydrogens is 551 g/mol. The molecule has 0 spiro atoms. The highest BCUT2D eigenvalue weighted by atomic mass is 19.4. The first-order valence-corrected chi connectivity index (χ1v) is 13.7. The minimum atomic E-state index is -4.81. The average molecular weight is 584 g/mol. The van der Waals surface area contributed by atoms with E-state index in [1.54, 1.807) is 30.3 Å². The van der Waals surface area contributed by atoms with Crippen molar-refractivity contribution < 1.29 is 27.5 Å². The number of aromatic amines is 2. The molecule has 4 aromatic rings. The van der Waals surface area contributed by atoms with Crippen LogP contribution in [0.3, 0.4) is 0 Å². The van der Waals surface area contributed by atoms with Crippen molar-refractivity contribution in [1.29, 1.82) is 0 Å². The SMILES string of the molecule is CC(C)(C)C1CCC(N(Cc2ccc(C(=O)Nc3nn[nH]n3)cc2)C(=O)c2cc3cc(OC(F)(F)F)ccc3[nH]2)CC1. The zero-order valence-electron chi connectivity index (χ0n) is 23.5. The highest BCUT2D eigenvalue weighted by Gasteiger charge is 2.35. The van der Waals surface area contributed by atoms with Gasteiger partial charge in [-0.05, 0) is 84.2 Å². The number of carbonyl (C=O) groups excluding carboxylic acids is 2. The maximum atomic E-state index is 14.0. The molecule has 0 unspecified atom stereocenters. The van der Waals surface area contributed by atoms with Gasteiger partial charge < -0.3 is 14.6 Å². The zero-order chi connectivity index (χ0) is 30.1. The molecule has 5 rings (SSSR count). The van der Waals surface area contributed by atoms with Gasteiger partial charge in [-0.2, -0.15) is 5.21 Å². The van der Waals surface area contributed by atoms with Crippen molar-refractivity contribution in [1.82, 2.24) is 30.5 Å². The topological polar surface area (TPSA) is 129 Å². The Bertz CT molecular complexity index is 1540. The van der Waals surface area contributed by atoms with E-state index in [0.29, 0.717) is 28.9 Å². The van der Waals surface area contributed by atoms with Crippen LogP contribution < -0.4 is 10.1 Å². The summed E-state index contributed by atoms with van der Waals surface area (Å²) in [5.41, 5.74) is 2.20. The molecule has 3 N–H and O–H groups in total. The van der Waals surface area contributed by atoms with Crippen LogP contribution in [0.4, 0.5) is 19.1 Å². The summed E-state index contributed by atoms with van der Waals surface area (Å²) in [6.45, 7) is 7.00. The lowest BCUT2D eigenvalue weighted by atomic mass is 9.71. The number of halogens is 3. The van der Waals surface area contributed by atoms with Crippen LogP contribution in [0, 0.1) is 11.3 Å². The third-order valence-corrected chi connectivity index (χ3v) is 7.82. The molecule has 42 heavy (non-hydrogen) atoms. The van der Waals surface area contributed by atoms with Crippen LogP contribution in [0.25, 0.3) is 10.9 Å². The van der Waals surface area contributed by atoms with Crippen molar-refractivity contribution in [2.24, 2.45) is 11.3 Å². The molecule has 0 aliphatic heterocycles. The molecule has 1 aliphatic carbocycles. The van der Waals surface area contributed by atoms with E-state index in [1.165, 1.54) is 18.2 Å². The van der Waals surface area contributed by atoms with E-state index < -0.39 is 12.3 Å². The molecule has 0 bridgehead atoms. The van der Waals surface area contributed by atoms with Crippen LogP contribution >= 0.6 is 0 Å². The lowest BCUT2D eigenvalue weighted by molar-refractivity contribution is -0.274. The van der Waals surface area contributed by atoms with Gasteiger partial charge in [0.1, 0.15) is 11.4 Å². The van der Waals surface area contributed by atoms with Gasteiger partial charge in [0.2, 0.25) is 0 Å². The van der Waals surface area contributed by atoms with E-state index in [-0.39, 0.29) is 34.8 Å². The number of hydrogen-bond acceptors (Lipinski definition) is 6. The normalized spacial score (nSPS) is 17.7. The molecule has 0 atom stereocenters. The monoisotopic (exact) mass is 583 g/mol. The van der Waals surface area contributed by atoms with Gasteiger partial charge in [-0.15, -0.1) is 18.3 Å². The highest BCUT2D eigenvalue weighted by Crippen LogP contribution is 2.39. The van der Waals surface area contributed by atoms with Gasteiger partial charge in [-0.1, -0.05) is 38.0 Å². The Hall–Kier alpha value is -4.42. The number of nitrogens with zero attached hydrogens (tertiary/aromatic N) is 4. The lowest BCUT2D eigenvalue weighted by Gasteiger charge is -2.41. The van der Waals surface area contributed by atoms with Crippen molar-refractivity contribution >= 4 is 28.7 Å². The quantitative estimate of drug-likeness (QED) is 0.242. The van der Waals surface area contributed by atoms with Crippen LogP contribution in [0.5, 0.6) is 5.75 Å². The molecule has 2 aromatic heterocycles. The minimum absolute atomic E-state index is 0.0205. The van der Waals surface area contributed by atoms with Gasteiger partial charge in [-0.3, -0.25) is 14.9 Å². The van der Waals surface area contributed by atoms with Gasteiger partial charge in [0.25, 0.3) is 17.8 Å². The van der Waals surface area contributed by atoms with Crippen LogP contribution in [-0.4, -0.2) is 54.7 Å². The Morgan fingerprint density at radius 3 is 2.36 bits per heavy atom. The largest absolute Gasteiger partial charge is 0.573 e. The standard InChI is InChI=1S/C29H32F3N7O3/c1-28(2,3)20-8-10-21(11-9-20)39(16-17-4-6-18(7-5-17)25(40)34-27-35-37-38-36-27)26(41)24-15-19-14-22(42-29(30,31)32)12-13-23(19)33-24/h4-7,12-15,20-21,33H,8-11,16H2,1-3H3,(H2,34,35,36,37,38,40). The Morgan fingerprint density at radius 2 is 1.74 bits per heavy atom. The zero-order valence-corrected chi connectivity index (χ0v) is 23.5. The maximum Gasteiger partial charge on any atom is 0.573 e. The van der Waals surface area contributed by atoms with E-state index in [9.17, 15) is 22.8 Å². The summed E-state index contributed by atoms with van der Waals surface area (Å²) >= 11 is 0. The summed E-state index contributed by atoms with van der Waals surface area (Å²) in [5.74, 6) is -0.398. The van der Waals surface area contributed by atoms with Crippen LogP contribution in [-0.2, 0) is 6.54 Å². The highest BCUT2D eigenvalue weighted by molar-refractivity contribution is 6.03. The molecule has 1 aliphatic rings. The Balaban J connectivity index is 1.37. The molecule has 2 aromatic carbocycles. The number of anilines is 1. The number of alkyl halides is 3. The van der Waals surface area contributed by atoms with Gasteiger partial charge in [0, 0.05) is 29.1 Å². The summed E-state index contributed by atoms with van der Waals surface area (Å²) in [4.78, 5) is 31.4. The summed E-state index contributed by atoms with van der Waals surface area (Å²) in [6.07, 6.45) is -1.17. The Morgan fingerprint density at radius 1 is 1.02 bits per heavy atom. The number of hydrogen-bond donors (Lipinski definition) is 3. The van der Waals surface area contributed by atoms with E-state index in [2.05, 4.69) is 56.4 Å². The second kappa shape index (κ2) is 11.5. The van der Waals surface area contributed by atoms with Gasteiger partial charge in [-0.25, -0.2) is 0 Å². The molecule has 2 heterocycles. The number of H-pyrrole nitrogens is 2. The smallest absolute Gasteiger partial charge is 0.406 e. The van der Waals surface area contributed by atoms with Crippen LogP contribution in [0.15, 0.2) is 48.5 Å². The number of fused-ring (bicyclic) bond motifs is 1. The number of ether oxygens (including phenoxy) is 1. The Labute approximate surface area is 240 Å². The molecule has 13 heteroatoms. The number of tetrazole rings is 1. The predicted molar refractivity (Wildman–Crippen MR) is 149 cm³/mol. The van der Waals surface area contributed by atoms with E-state index in [1.807, 2.05) is 4.90 Å². The van der Waals surface area contributed by atoms with Crippen molar-refractivity contribution in [2.75, 3.05) is 5.32 Å². The summed E-state index contributed by atoms with van der Waals surface area (Å²) in [7, 11) is 0. The molecule has 1 fully saturated rings. The van der Waals surface area contributed by atoms with Crippen molar-refractivity contribution in [3.63, 3.8) is 0 Å². The molecule has 2 amide bonds. The summed E-state index contributed by atoms with van der Waals surface area (Å²) in [5, 5.41) is 16.1. The maximum absolute atomic E-state index is 14.0. The fourth-order valence-corrected chi connectivity index (χ4v) is 5.54. The second-order valence-electron chi connectivity index (χ2n) is 11.7. The van der Waals surface area contributed by atoms with Crippen molar-refractivity contribution in [3.05, 3.63) is 65.4 Å². The summed E-state index contributed by atoms with van der Waals surface area (Å²) in [6, 6.07) is 12.4. The fourth-order valence-electron chi connectivity index (χ4n) is 5.54. The molecule has 222 valence electrons. The number of aromatic nitrogens is 5. The fraction of sp³-hybridized carbons (Fsp3) is 0.414. The second-order valence-corrected chi connectivity index (χ2v) is 11.7. The summed E-state index contributed by atoms with van der Waals surface area (Å²) < 4.78 is 42.2. The van der Waals surface area contributed by atoms with Gasteiger partial charge in [0.05, 0.1) is 0 Å². The van der Waals surface area contributed by atoms with E-state index >= 15 is 0 Å². The van der Waals surface area contributed by atoms with E-state index in [0.717, 1.165) is 31.2 Å². The number of rotatable bonds is 7. The molecule has 1 saturated carbocycles. The first kappa shape index (κ1) is 29.1. The van der Waals surface area contributed by atoms with E-state index in [4.69, 9.17) is 0 Å². The Kier molecular flexibility index (Phi) is 7.93. The van der Waals surface area contributed by atoms with Gasteiger partial charge in [0.15, 0.2) is 0 Å². The van der Waals surface area contributed by atoms with Crippen LogP contribution in [0.2, 0.25) is 0 Å². The molecule has 0 radical (unpaired) electrons.